The fourth-order valence-electron chi connectivity index (χ4n) is 2.45. The maximum atomic E-state index is 11.7. The van der Waals surface area contributed by atoms with E-state index in [4.69, 9.17) is 10.5 Å². The van der Waals surface area contributed by atoms with Crippen LogP contribution in [0.4, 0.5) is 0 Å². The second kappa shape index (κ2) is 6.50. The highest BCUT2D eigenvalue weighted by Gasteiger charge is 2.34. The van der Waals surface area contributed by atoms with Crippen LogP contribution in [0.5, 0.6) is 0 Å². The van der Waals surface area contributed by atoms with Crippen LogP contribution in [0.15, 0.2) is 28.5 Å². The molecule has 1 saturated heterocycles. The van der Waals surface area contributed by atoms with Crippen molar-refractivity contribution in [2.24, 2.45) is 10.7 Å². The quantitative estimate of drug-likeness (QED) is 0.810. The molecule has 0 bridgehead atoms. The minimum absolute atomic E-state index is 0.0392. The third-order valence-electron chi connectivity index (χ3n) is 3.76. The largest absolute Gasteiger partial charge is 0.404 e. The normalized spacial score (nSPS) is 27.8. The van der Waals surface area contributed by atoms with E-state index in [9.17, 15) is 13.7 Å². The molecule has 2 atom stereocenters. The topological polar surface area (TPSA) is 109 Å². The number of allylic oxidation sites excluding steroid dienone is 1. The summed E-state index contributed by atoms with van der Waals surface area (Å²) in [4.78, 5) is 6.05. The molecule has 0 spiro atoms. The van der Waals surface area contributed by atoms with Crippen LogP contribution in [0.1, 0.15) is 19.8 Å². The van der Waals surface area contributed by atoms with Crippen molar-refractivity contribution in [2.45, 2.75) is 31.2 Å². The lowest BCUT2D eigenvalue weighted by Crippen LogP contribution is -2.42. The van der Waals surface area contributed by atoms with Crippen molar-refractivity contribution in [1.82, 2.24) is 4.90 Å². The Bertz CT molecular complexity index is 667. The first-order chi connectivity index (χ1) is 10.4. The van der Waals surface area contributed by atoms with Gasteiger partial charge in [0.25, 0.3) is 0 Å². The van der Waals surface area contributed by atoms with Crippen molar-refractivity contribution in [3.63, 3.8) is 0 Å². The monoisotopic (exact) mass is 324 g/mol. The van der Waals surface area contributed by atoms with Crippen molar-refractivity contribution < 1.29 is 13.2 Å². The van der Waals surface area contributed by atoms with E-state index in [1.807, 2.05) is 0 Å². The minimum Gasteiger partial charge on any atom is -0.404 e. The summed E-state index contributed by atoms with van der Waals surface area (Å²) in [6, 6.07) is 2.08. The zero-order valence-corrected chi connectivity index (χ0v) is 13.5. The second-order valence-electron chi connectivity index (χ2n) is 5.39. The van der Waals surface area contributed by atoms with Gasteiger partial charge in [-0.05, 0) is 25.8 Å². The first-order valence-corrected chi connectivity index (χ1v) is 9.01. The van der Waals surface area contributed by atoms with Gasteiger partial charge in [0.2, 0.25) is 0 Å². The molecule has 0 amide bonds. The van der Waals surface area contributed by atoms with Crippen molar-refractivity contribution in [2.75, 3.05) is 19.5 Å². The van der Waals surface area contributed by atoms with Crippen LogP contribution in [0.3, 0.4) is 0 Å². The number of aliphatic imine (C=N–C) groups is 1. The molecule has 120 valence electrons. The van der Waals surface area contributed by atoms with Crippen molar-refractivity contribution in [1.29, 1.82) is 5.26 Å². The summed E-state index contributed by atoms with van der Waals surface area (Å²) in [6.07, 6.45) is 5.84. The summed E-state index contributed by atoms with van der Waals surface area (Å²) in [7, 11) is -3.32. The Balaban J connectivity index is 2.43. The molecule has 2 N–H and O–H groups in total. The van der Waals surface area contributed by atoms with Gasteiger partial charge in [-0.15, -0.1) is 0 Å². The Hall–Kier alpha value is -1.85. The maximum absolute atomic E-state index is 11.7. The number of hydrogen-bond acceptors (Lipinski definition) is 6. The molecule has 0 aliphatic carbocycles. The molecule has 0 aromatic carbocycles. The van der Waals surface area contributed by atoms with Crippen molar-refractivity contribution in [3.05, 3.63) is 23.5 Å². The average molecular weight is 324 g/mol. The summed E-state index contributed by atoms with van der Waals surface area (Å²) >= 11 is 0. The molecule has 2 unspecified atom stereocenters. The van der Waals surface area contributed by atoms with Crippen molar-refractivity contribution in [3.8, 4) is 6.07 Å². The molecule has 8 heteroatoms. The maximum Gasteiger partial charge on any atom is 0.170 e. The van der Waals surface area contributed by atoms with Gasteiger partial charge in [-0.25, -0.2) is 13.4 Å². The molecule has 2 heterocycles. The van der Waals surface area contributed by atoms with Gasteiger partial charge in [-0.1, -0.05) is 0 Å². The van der Waals surface area contributed by atoms with Gasteiger partial charge >= 0.3 is 0 Å². The van der Waals surface area contributed by atoms with E-state index in [-0.39, 0.29) is 6.04 Å². The number of nitrogens with zero attached hydrogens (tertiary/aromatic N) is 3. The first kappa shape index (κ1) is 16.5. The molecular formula is C14H20N4O3S. The molecular weight excluding hydrogens is 304 g/mol. The SMILES string of the molecule is CC(/N=C1\C(=C/N)C=C(C#N)N1C1CCCOC1)S(C)(=O)=O. The Kier molecular flexibility index (Phi) is 4.88. The van der Waals surface area contributed by atoms with E-state index >= 15 is 0 Å². The van der Waals surface area contributed by atoms with E-state index in [2.05, 4.69) is 11.1 Å². The van der Waals surface area contributed by atoms with Crippen LogP contribution in [-0.2, 0) is 14.6 Å². The lowest BCUT2D eigenvalue weighted by molar-refractivity contribution is 0.0515. The standard InChI is InChI=1S/C14H20N4O3S/c1-10(22(2,19)20)17-14-11(7-15)6-13(8-16)18(14)12-4-3-5-21-9-12/h6-7,10,12H,3-5,9,15H2,1-2H3/b11-7-,17-14+. The van der Waals surface area contributed by atoms with Crippen LogP contribution < -0.4 is 5.73 Å². The zero-order chi connectivity index (χ0) is 16.3. The molecule has 0 saturated carbocycles. The number of nitriles is 1. The highest BCUT2D eigenvalue weighted by Crippen LogP contribution is 2.28. The van der Waals surface area contributed by atoms with E-state index in [1.54, 1.807) is 11.0 Å². The first-order valence-electron chi connectivity index (χ1n) is 7.06. The van der Waals surface area contributed by atoms with Gasteiger partial charge in [0.15, 0.2) is 15.2 Å². The summed E-state index contributed by atoms with van der Waals surface area (Å²) in [6.45, 7) is 2.68. The van der Waals surface area contributed by atoms with Gasteiger partial charge in [-0.2, -0.15) is 5.26 Å². The van der Waals surface area contributed by atoms with E-state index in [1.165, 1.54) is 13.1 Å². The highest BCUT2D eigenvalue weighted by atomic mass is 32.2. The number of amidine groups is 1. The van der Waals surface area contributed by atoms with E-state index < -0.39 is 15.2 Å². The number of nitrogens with two attached hydrogens (primary N) is 1. The third-order valence-corrected chi connectivity index (χ3v) is 5.10. The summed E-state index contributed by atoms with van der Waals surface area (Å²) < 4.78 is 28.8. The van der Waals surface area contributed by atoms with E-state index in [0.29, 0.717) is 30.3 Å². The summed E-state index contributed by atoms with van der Waals surface area (Å²) in [5.41, 5.74) is 6.58. The lowest BCUT2D eigenvalue weighted by Gasteiger charge is -2.33. The van der Waals surface area contributed by atoms with E-state index in [0.717, 1.165) is 19.1 Å². The van der Waals surface area contributed by atoms with Crippen LogP contribution in [0.2, 0.25) is 0 Å². The van der Waals surface area contributed by atoms with Gasteiger partial charge in [-0.3, -0.25) is 0 Å². The van der Waals surface area contributed by atoms with Gasteiger partial charge in [0.05, 0.1) is 12.6 Å². The number of rotatable bonds is 3. The molecule has 1 fully saturated rings. The Morgan fingerprint density at radius 3 is 2.86 bits per heavy atom. The predicted octanol–water partition coefficient (Wildman–Crippen LogP) is 0.520. The van der Waals surface area contributed by atoms with Gasteiger partial charge in [0.1, 0.15) is 17.6 Å². The van der Waals surface area contributed by atoms with Crippen LogP contribution in [0, 0.1) is 11.3 Å². The Morgan fingerprint density at radius 1 is 1.64 bits per heavy atom. The third kappa shape index (κ3) is 3.31. The molecule has 7 nitrogen and oxygen atoms in total. The molecule has 2 rings (SSSR count). The molecule has 22 heavy (non-hydrogen) atoms. The summed E-state index contributed by atoms with van der Waals surface area (Å²) in [5.74, 6) is 0.424. The average Bonchev–Trinajstić information content (AvgIpc) is 2.84. The van der Waals surface area contributed by atoms with Crippen LogP contribution >= 0.6 is 0 Å². The fraction of sp³-hybridized carbons (Fsp3) is 0.571. The smallest absolute Gasteiger partial charge is 0.170 e. The Labute approximate surface area is 130 Å². The van der Waals surface area contributed by atoms with Gasteiger partial charge < -0.3 is 15.4 Å². The van der Waals surface area contributed by atoms with Gasteiger partial charge in [0, 0.05) is 24.6 Å². The molecule has 2 aliphatic rings. The predicted molar refractivity (Wildman–Crippen MR) is 83.4 cm³/mol. The molecule has 0 aromatic rings. The number of hydrogen-bond donors (Lipinski definition) is 1. The summed E-state index contributed by atoms with van der Waals surface area (Å²) in [5, 5.41) is 8.44. The second-order valence-corrected chi connectivity index (χ2v) is 7.73. The highest BCUT2D eigenvalue weighted by molar-refractivity contribution is 7.91. The zero-order valence-electron chi connectivity index (χ0n) is 12.7. The molecule has 0 radical (unpaired) electrons. The molecule has 0 aromatic heterocycles. The molecule has 2 aliphatic heterocycles. The number of ether oxygens (including phenoxy) is 1. The Morgan fingerprint density at radius 2 is 2.36 bits per heavy atom. The minimum atomic E-state index is -3.32. The van der Waals surface area contributed by atoms with Crippen LogP contribution in [-0.4, -0.2) is 50.0 Å². The fourth-order valence-corrected chi connectivity index (χ4v) is 2.74. The van der Waals surface area contributed by atoms with Crippen molar-refractivity contribution >= 4 is 15.7 Å². The number of sulfone groups is 1. The lowest BCUT2D eigenvalue weighted by atomic mass is 10.1. The van der Waals surface area contributed by atoms with Crippen LogP contribution in [0.25, 0.3) is 0 Å².